The fourth-order valence-corrected chi connectivity index (χ4v) is 2.88. The van der Waals surface area contributed by atoms with Crippen LogP contribution >= 0.6 is 11.8 Å². The third-order valence-electron chi connectivity index (χ3n) is 2.82. The molecule has 110 valence electrons. The number of non-ortho nitro benzene ring substituents is 1. The van der Waals surface area contributed by atoms with Gasteiger partial charge in [0.15, 0.2) is 0 Å². The predicted octanol–water partition coefficient (Wildman–Crippen LogP) is 2.95. The molecule has 0 atom stereocenters. The summed E-state index contributed by atoms with van der Waals surface area (Å²) in [6.45, 7) is 4.05. The van der Waals surface area contributed by atoms with Crippen LogP contribution in [-0.4, -0.2) is 14.9 Å². The number of nitrogen functional groups attached to an aromatic ring is 1. The Labute approximate surface area is 126 Å². The first-order chi connectivity index (χ1) is 10.0. The van der Waals surface area contributed by atoms with Crippen LogP contribution in [0.5, 0.6) is 0 Å². The van der Waals surface area contributed by atoms with Gasteiger partial charge in [0.2, 0.25) is 0 Å². The maximum absolute atomic E-state index is 10.7. The summed E-state index contributed by atoms with van der Waals surface area (Å²) in [5.41, 5.74) is 3.56. The van der Waals surface area contributed by atoms with Crippen LogP contribution in [0.2, 0.25) is 0 Å². The second-order valence-corrected chi connectivity index (χ2v) is 5.66. The van der Waals surface area contributed by atoms with Crippen LogP contribution in [0, 0.1) is 10.1 Å². The molecule has 0 aliphatic carbocycles. The Kier molecular flexibility index (Phi) is 4.71. The second-order valence-electron chi connectivity index (χ2n) is 4.59. The molecule has 0 radical (unpaired) electrons. The summed E-state index contributed by atoms with van der Waals surface area (Å²) in [7, 11) is 0. The van der Waals surface area contributed by atoms with E-state index in [0.29, 0.717) is 5.82 Å². The van der Waals surface area contributed by atoms with E-state index in [1.165, 1.54) is 30.2 Å². The topological polar surface area (TPSA) is 107 Å². The summed E-state index contributed by atoms with van der Waals surface area (Å²) in [4.78, 5) is 19.5. The summed E-state index contributed by atoms with van der Waals surface area (Å²) in [6.07, 6.45) is 1.44. The summed E-state index contributed by atoms with van der Waals surface area (Å²) in [6, 6.07) is 6.34. The minimum atomic E-state index is -0.422. The Balaban J connectivity index is 2.33. The van der Waals surface area contributed by atoms with Crippen LogP contribution in [0.3, 0.4) is 0 Å². The maximum atomic E-state index is 10.7. The van der Waals surface area contributed by atoms with E-state index in [1.807, 2.05) is 13.8 Å². The Morgan fingerprint density at radius 3 is 2.48 bits per heavy atom. The van der Waals surface area contributed by atoms with Gasteiger partial charge in [-0.2, -0.15) is 0 Å². The van der Waals surface area contributed by atoms with Crippen molar-refractivity contribution in [2.75, 3.05) is 5.43 Å². The van der Waals surface area contributed by atoms with Crippen LogP contribution in [0.15, 0.2) is 40.5 Å². The van der Waals surface area contributed by atoms with Gasteiger partial charge in [0, 0.05) is 22.6 Å². The van der Waals surface area contributed by atoms with Crippen molar-refractivity contribution < 1.29 is 4.92 Å². The van der Waals surface area contributed by atoms with Gasteiger partial charge in [0.25, 0.3) is 5.69 Å². The largest absolute Gasteiger partial charge is 0.308 e. The molecule has 2 aromatic rings. The number of nitrogens with one attached hydrogen (secondary N) is 1. The fraction of sp³-hybridized carbons (Fsp3) is 0.231. The van der Waals surface area contributed by atoms with Gasteiger partial charge in [-0.05, 0) is 18.1 Å². The lowest BCUT2D eigenvalue weighted by Gasteiger charge is -2.14. The molecule has 2 rings (SSSR count). The highest BCUT2D eigenvalue weighted by molar-refractivity contribution is 7.99. The molecule has 0 saturated heterocycles. The van der Waals surface area contributed by atoms with E-state index in [2.05, 4.69) is 15.4 Å². The number of nitrogens with zero attached hydrogens (tertiary/aromatic N) is 3. The molecular weight excluding hydrogens is 290 g/mol. The van der Waals surface area contributed by atoms with Crippen molar-refractivity contribution in [3.05, 3.63) is 46.3 Å². The van der Waals surface area contributed by atoms with Gasteiger partial charge < -0.3 is 5.43 Å². The molecule has 0 unspecified atom stereocenters. The summed E-state index contributed by atoms with van der Waals surface area (Å²) < 4.78 is 0. The normalized spacial score (nSPS) is 10.7. The first-order valence-electron chi connectivity index (χ1n) is 6.26. The van der Waals surface area contributed by atoms with E-state index >= 15 is 0 Å². The zero-order chi connectivity index (χ0) is 15.4. The number of nitro groups is 1. The van der Waals surface area contributed by atoms with E-state index < -0.39 is 4.92 Å². The molecular formula is C13H15N5O2S. The Morgan fingerprint density at radius 2 is 1.95 bits per heavy atom. The van der Waals surface area contributed by atoms with Crippen molar-refractivity contribution in [2.45, 2.75) is 29.7 Å². The molecule has 1 heterocycles. The van der Waals surface area contributed by atoms with Crippen molar-refractivity contribution in [3.8, 4) is 0 Å². The number of anilines is 1. The minimum Gasteiger partial charge on any atom is -0.308 e. The van der Waals surface area contributed by atoms with Crippen molar-refractivity contribution in [3.63, 3.8) is 0 Å². The van der Waals surface area contributed by atoms with Gasteiger partial charge in [-0.15, -0.1) is 0 Å². The van der Waals surface area contributed by atoms with Crippen LogP contribution in [0.1, 0.15) is 25.3 Å². The number of hydrogen-bond donors (Lipinski definition) is 2. The third-order valence-corrected chi connectivity index (χ3v) is 3.85. The number of hydrogen-bond acceptors (Lipinski definition) is 7. The fourth-order valence-electron chi connectivity index (χ4n) is 1.84. The molecule has 1 aromatic heterocycles. The summed E-state index contributed by atoms with van der Waals surface area (Å²) >= 11 is 1.42. The monoisotopic (exact) mass is 305 g/mol. The molecule has 21 heavy (non-hydrogen) atoms. The molecule has 3 N–H and O–H groups in total. The van der Waals surface area contributed by atoms with Crippen LogP contribution in [0.25, 0.3) is 0 Å². The minimum absolute atomic E-state index is 0.0652. The van der Waals surface area contributed by atoms with Gasteiger partial charge >= 0.3 is 0 Å². The lowest BCUT2D eigenvalue weighted by Crippen LogP contribution is -2.13. The lowest BCUT2D eigenvalue weighted by molar-refractivity contribution is -0.384. The first kappa shape index (κ1) is 15.2. The summed E-state index contributed by atoms with van der Waals surface area (Å²) in [5, 5.41) is 11.4. The van der Waals surface area contributed by atoms with Gasteiger partial charge in [-0.25, -0.2) is 15.8 Å². The molecule has 0 aliphatic rings. The Hall–Kier alpha value is -2.19. The van der Waals surface area contributed by atoms with Crippen molar-refractivity contribution in [1.29, 1.82) is 0 Å². The van der Waals surface area contributed by atoms with E-state index in [-0.39, 0.29) is 11.6 Å². The molecule has 7 nitrogen and oxygen atoms in total. The highest BCUT2D eigenvalue weighted by Crippen LogP contribution is 2.35. The van der Waals surface area contributed by atoms with Crippen molar-refractivity contribution in [2.24, 2.45) is 5.84 Å². The van der Waals surface area contributed by atoms with Crippen LogP contribution in [0.4, 0.5) is 11.5 Å². The highest BCUT2D eigenvalue weighted by Gasteiger charge is 2.15. The quantitative estimate of drug-likeness (QED) is 0.378. The van der Waals surface area contributed by atoms with E-state index in [4.69, 9.17) is 5.84 Å². The number of aromatic nitrogens is 2. The molecule has 8 heteroatoms. The zero-order valence-electron chi connectivity index (χ0n) is 11.6. The number of hydrazine groups is 1. The zero-order valence-corrected chi connectivity index (χ0v) is 12.4. The third kappa shape index (κ3) is 3.47. The number of benzene rings is 1. The van der Waals surface area contributed by atoms with Crippen LogP contribution < -0.4 is 11.3 Å². The van der Waals surface area contributed by atoms with Crippen molar-refractivity contribution in [1.82, 2.24) is 9.97 Å². The highest BCUT2D eigenvalue weighted by atomic mass is 32.2. The molecule has 0 aliphatic heterocycles. The van der Waals surface area contributed by atoms with Gasteiger partial charge in [0.1, 0.15) is 17.2 Å². The average molecular weight is 305 g/mol. The van der Waals surface area contributed by atoms with E-state index in [9.17, 15) is 10.1 Å². The first-order valence-corrected chi connectivity index (χ1v) is 7.08. The van der Waals surface area contributed by atoms with Gasteiger partial charge in [-0.1, -0.05) is 25.6 Å². The van der Waals surface area contributed by atoms with Gasteiger partial charge in [0.05, 0.1) is 4.92 Å². The van der Waals surface area contributed by atoms with E-state index in [0.717, 1.165) is 15.5 Å². The summed E-state index contributed by atoms with van der Waals surface area (Å²) in [5.74, 6) is 6.26. The SMILES string of the molecule is CC(C)c1c(NN)ncnc1Sc1ccc([N+](=O)[O-])cc1. The van der Waals surface area contributed by atoms with E-state index in [1.54, 1.807) is 12.1 Å². The number of nitro benzene ring substituents is 1. The molecule has 1 aromatic carbocycles. The smallest absolute Gasteiger partial charge is 0.269 e. The lowest BCUT2D eigenvalue weighted by atomic mass is 10.1. The Morgan fingerprint density at radius 1 is 1.29 bits per heavy atom. The van der Waals surface area contributed by atoms with Gasteiger partial charge in [-0.3, -0.25) is 10.1 Å². The standard InChI is InChI=1S/C13H15N5O2S/c1-8(2)11-12(17-14)15-7-16-13(11)21-10-5-3-9(4-6-10)18(19)20/h3-8H,14H2,1-2H3,(H,15,16,17). The molecule has 0 amide bonds. The molecule has 0 fully saturated rings. The second kappa shape index (κ2) is 6.51. The van der Waals surface area contributed by atoms with Crippen LogP contribution in [-0.2, 0) is 0 Å². The average Bonchev–Trinajstić information content (AvgIpc) is 2.47. The predicted molar refractivity (Wildman–Crippen MR) is 81.2 cm³/mol. The molecule has 0 spiro atoms. The van der Waals surface area contributed by atoms with Crippen molar-refractivity contribution >= 4 is 23.3 Å². The maximum Gasteiger partial charge on any atom is 0.269 e. The Bertz CT molecular complexity index is 646. The number of nitrogens with two attached hydrogens (primary N) is 1. The number of rotatable bonds is 5. The molecule has 0 bridgehead atoms. The molecule has 0 saturated carbocycles.